The van der Waals surface area contributed by atoms with E-state index >= 15 is 0 Å². The predicted molar refractivity (Wildman–Crippen MR) is 108 cm³/mol. The fraction of sp³-hybridized carbons (Fsp3) is 0.722. The van der Waals surface area contributed by atoms with Crippen molar-refractivity contribution < 1.29 is 9.53 Å². The summed E-state index contributed by atoms with van der Waals surface area (Å²) in [7, 11) is 1.73. The lowest BCUT2D eigenvalue weighted by Gasteiger charge is -2.26. The SMILES string of the molecule is CCN(CCNC(=NC)NCCc1nc(C)c(C)s1)C(=O)OC(C)(C)C. The summed E-state index contributed by atoms with van der Waals surface area (Å²) < 4.78 is 5.41. The molecule has 0 aliphatic rings. The highest BCUT2D eigenvalue weighted by molar-refractivity contribution is 7.11. The average Bonchev–Trinajstić information content (AvgIpc) is 2.86. The van der Waals surface area contributed by atoms with Crippen LogP contribution in [-0.2, 0) is 11.2 Å². The van der Waals surface area contributed by atoms with E-state index in [-0.39, 0.29) is 6.09 Å². The van der Waals surface area contributed by atoms with E-state index in [2.05, 4.69) is 27.5 Å². The lowest BCUT2D eigenvalue weighted by Crippen LogP contribution is -2.44. The van der Waals surface area contributed by atoms with Crippen LogP contribution in [0.5, 0.6) is 0 Å². The molecule has 26 heavy (non-hydrogen) atoms. The molecule has 1 rings (SSSR count). The first-order valence-corrected chi connectivity index (χ1v) is 9.83. The molecule has 1 aromatic rings. The van der Waals surface area contributed by atoms with E-state index < -0.39 is 5.60 Å². The van der Waals surface area contributed by atoms with Crippen LogP contribution in [0.1, 0.15) is 43.3 Å². The molecular weight excluding hydrogens is 350 g/mol. The van der Waals surface area contributed by atoms with Gasteiger partial charge in [-0.3, -0.25) is 4.99 Å². The van der Waals surface area contributed by atoms with Gasteiger partial charge in [0, 0.05) is 44.5 Å². The highest BCUT2D eigenvalue weighted by atomic mass is 32.1. The minimum Gasteiger partial charge on any atom is -0.444 e. The van der Waals surface area contributed by atoms with Crippen molar-refractivity contribution in [1.82, 2.24) is 20.5 Å². The number of likely N-dealkylation sites (N-methyl/N-ethyl adjacent to an activating group) is 1. The Hall–Kier alpha value is -1.83. The molecule has 1 heterocycles. The molecular formula is C18H33N5O2S. The molecule has 7 nitrogen and oxygen atoms in total. The quantitative estimate of drug-likeness (QED) is 0.559. The monoisotopic (exact) mass is 383 g/mol. The molecule has 0 bridgehead atoms. The maximum absolute atomic E-state index is 12.1. The first-order valence-electron chi connectivity index (χ1n) is 9.01. The number of hydrogen-bond acceptors (Lipinski definition) is 5. The van der Waals surface area contributed by atoms with Crippen molar-refractivity contribution in [2.24, 2.45) is 4.99 Å². The van der Waals surface area contributed by atoms with Gasteiger partial charge in [0.2, 0.25) is 0 Å². The molecule has 0 unspecified atom stereocenters. The van der Waals surface area contributed by atoms with E-state index in [9.17, 15) is 4.79 Å². The van der Waals surface area contributed by atoms with Crippen molar-refractivity contribution >= 4 is 23.4 Å². The number of ether oxygens (including phenoxy) is 1. The van der Waals surface area contributed by atoms with E-state index in [1.54, 1.807) is 23.3 Å². The summed E-state index contributed by atoms with van der Waals surface area (Å²) >= 11 is 1.74. The number of amides is 1. The van der Waals surface area contributed by atoms with Crippen LogP contribution in [0.25, 0.3) is 0 Å². The standard InChI is InChI=1S/C18H33N5O2S/c1-8-23(17(24)25-18(4,5)6)12-11-21-16(19-7)20-10-9-15-22-13(2)14(3)26-15/h8-12H2,1-7H3,(H2,19,20,21). The van der Waals surface area contributed by atoms with E-state index in [1.165, 1.54) is 4.88 Å². The van der Waals surface area contributed by atoms with Gasteiger partial charge in [-0.2, -0.15) is 0 Å². The number of nitrogens with zero attached hydrogens (tertiary/aromatic N) is 3. The number of hydrogen-bond donors (Lipinski definition) is 2. The zero-order valence-corrected chi connectivity index (χ0v) is 17.9. The summed E-state index contributed by atoms with van der Waals surface area (Å²) in [6.45, 7) is 14.2. The number of aryl methyl sites for hydroxylation is 2. The van der Waals surface area contributed by atoms with Gasteiger partial charge in [0.25, 0.3) is 0 Å². The Morgan fingerprint density at radius 1 is 1.27 bits per heavy atom. The molecule has 0 aliphatic carbocycles. The highest BCUT2D eigenvalue weighted by Crippen LogP contribution is 2.16. The molecule has 0 atom stereocenters. The number of aliphatic imine (C=N–C) groups is 1. The van der Waals surface area contributed by atoms with Crippen LogP contribution in [0.2, 0.25) is 0 Å². The fourth-order valence-corrected chi connectivity index (χ4v) is 3.10. The molecule has 148 valence electrons. The van der Waals surface area contributed by atoms with Crippen LogP contribution in [-0.4, -0.2) is 60.8 Å². The minimum atomic E-state index is -0.484. The van der Waals surface area contributed by atoms with Crippen molar-refractivity contribution in [3.05, 3.63) is 15.6 Å². The largest absolute Gasteiger partial charge is 0.444 e. The van der Waals surface area contributed by atoms with E-state index in [4.69, 9.17) is 4.74 Å². The van der Waals surface area contributed by atoms with E-state index in [0.717, 1.165) is 29.6 Å². The van der Waals surface area contributed by atoms with E-state index in [0.29, 0.717) is 19.6 Å². The van der Waals surface area contributed by atoms with Crippen LogP contribution in [0.15, 0.2) is 4.99 Å². The third-order valence-electron chi connectivity index (χ3n) is 3.64. The number of guanidine groups is 1. The Morgan fingerprint density at radius 3 is 2.42 bits per heavy atom. The number of carbonyl (C=O) groups is 1. The van der Waals surface area contributed by atoms with Gasteiger partial charge in [-0.1, -0.05) is 0 Å². The van der Waals surface area contributed by atoms with Gasteiger partial charge in [-0.15, -0.1) is 11.3 Å². The van der Waals surface area contributed by atoms with Gasteiger partial charge < -0.3 is 20.3 Å². The van der Waals surface area contributed by atoms with Crippen molar-refractivity contribution in [2.45, 2.75) is 53.6 Å². The molecule has 8 heteroatoms. The molecule has 0 fully saturated rings. The maximum atomic E-state index is 12.1. The Kier molecular flexibility index (Phi) is 8.84. The second-order valence-electron chi connectivity index (χ2n) is 6.98. The van der Waals surface area contributed by atoms with E-state index in [1.807, 2.05) is 34.6 Å². The van der Waals surface area contributed by atoms with Crippen molar-refractivity contribution in [2.75, 3.05) is 33.2 Å². The van der Waals surface area contributed by atoms with Crippen LogP contribution in [0.4, 0.5) is 4.79 Å². The second-order valence-corrected chi connectivity index (χ2v) is 8.27. The predicted octanol–water partition coefficient (Wildman–Crippen LogP) is 2.72. The summed E-state index contributed by atoms with van der Waals surface area (Å²) in [5, 5.41) is 7.63. The third kappa shape index (κ3) is 8.03. The van der Waals surface area contributed by atoms with Crippen molar-refractivity contribution in [1.29, 1.82) is 0 Å². The van der Waals surface area contributed by atoms with Gasteiger partial charge in [-0.25, -0.2) is 9.78 Å². The Balaban J connectivity index is 2.35. The fourth-order valence-electron chi connectivity index (χ4n) is 2.17. The Labute approximate surface area is 161 Å². The zero-order chi connectivity index (χ0) is 19.7. The Morgan fingerprint density at radius 2 is 1.92 bits per heavy atom. The molecule has 0 radical (unpaired) electrons. The smallest absolute Gasteiger partial charge is 0.410 e. The van der Waals surface area contributed by atoms with Crippen LogP contribution in [0, 0.1) is 13.8 Å². The highest BCUT2D eigenvalue weighted by Gasteiger charge is 2.20. The molecule has 0 aromatic carbocycles. The summed E-state index contributed by atoms with van der Waals surface area (Å²) in [6, 6.07) is 0. The van der Waals surface area contributed by atoms with Crippen LogP contribution in [0.3, 0.4) is 0 Å². The van der Waals surface area contributed by atoms with Gasteiger partial charge in [-0.05, 0) is 41.5 Å². The van der Waals surface area contributed by atoms with Crippen molar-refractivity contribution in [3.8, 4) is 0 Å². The summed E-state index contributed by atoms with van der Waals surface area (Å²) in [5.41, 5.74) is 0.622. The van der Waals surface area contributed by atoms with Gasteiger partial charge in [0.15, 0.2) is 5.96 Å². The number of rotatable bonds is 7. The van der Waals surface area contributed by atoms with Gasteiger partial charge in [0.1, 0.15) is 5.60 Å². The first-order chi connectivity index (χ1) is 12.2. The third-order valence-corrected chi connectivity index (χ3v) is 4.77. The molecule has 0 saturated carbocycles. The zero-order valence-electron chi connectivity index (χ0n) is 17.1. The number of nitrogens with one attached hydrogen (secondary N) is 2. The number of thiazole rings is 1. The maximum Gasteiger partial charge on any atom is 0.410 e. The molecule has 2 N–H and O–H groups in total. The van der Waals surface area contributed by atoms with Crippen molar-refractivity contribution in [3.63, 3.8) is 0 Å². The minimum absolute atomic E-state index is 0.292. The topological polar surface area (TPSA) is 78.9 Å². The van der Waals surface area contributed by atoms with Crippen LogP contribution < -0.4 is 10.6 Å². The van der Waals surface area contributed by atoms with Gasteiger partial charge in [0.05, 0.1) is 10.7 Å². The lowest BCUT2D eigenvalue weighted by molar-refractivity contribution is 0.0264. The molecule has 0 aliphatic heterocycles. The second kappa shape index (κ2) is 10.4. The molecule has 1 amide bonds. The normalized spacial score (nSPS) is 12.0. The average molecular weight is 384 g/mol. The van der Waals surface area contributed by atoms with Crippen LogP contribution >= 0.6 is 11.3 Å². The molecule has 0 saturated heterocycles. The lowest BCUT2D eigenvalue weighted by atomic mass is 10.2. The van der Waals surface area contributed by atoms with Gasteiger partial charge >= 0.3 is 6.09 Å². The molecule has 0 spiro atoms. The summed E-state index contributed by atoms with van der Waals surface area (Å²) in [4.78, 5) is 23.8. The molecule has 1 aromatic heterocycles. The Bertz CT molecular complexity index is 588. The summed E-state index contributed by atoms with van der Waals surface area (Å²) in [5.74, 6) is 0.718. The first kappa shape index (κ1) is 22.2. The number of carbonyl (C=O) groups excluding carboxylic acids is 1. The number of aromatic nitrogens is 1. The summed E-state index contributed by atoms with van der Waals surface area (Å²) in [6.07, 6.45) is 0.568.